The van der Waals surface area contributed by atoms with E-state index >= 15 is 0 Å². The third kappa shape index (κ3) is 3.95. The normalized spacial score (nSPS) is 17.2. The standard InChI is InChI=1S/C19H21N3O6S/c1-13(23)21-12-18(19(24)20-25)22(11-14-5-3-4-6-17(14)21)29(26,27)16-9-7-15(28-2)8-10-16/h3-10,18,25H,11-12H2,1-2H3,(H,20,24). The zero-order valence-electron chi connectivity index (χ0n) is 15.9. The molecule has 0 aromatic heterocycles. The van der Waals surface area contributed by atoms with Gasteiger partial charge in [-0.05, 0) is 35.9 Å². The smallest absolute Gasteiger partial charge is 0.263 e. The molecular weight excluding hydrogens is 398 g/mol. The van der Waals surface area contributed by atoms with Crippen molar-refractivity contribution in [2.24, 2.45) is 0 Å². The number of carbonyl (C=O) groups is 2. The first-order valence-electron chi connectivity index (χ1n) is 8.75. The number of amides is 2. The highest BCUT2D eigenvalue weighted by molar-refractivity contribution is 7.89. The summed E-state index contributed by atoms with van der Waals surface area (Å²) in [4.78, 5) is 25.9. The summed E-state index contributed by atoms with van der Waals surface area (Å²) < 4.78 is 32.8. The predicted octanol–water partition coefficient (Wildman–Crippen LogP) is 1.13. The third-order valence-corrected chi connectivity index (χ3v) is 6.64. The van der Waals surface area contributed by atoms with E-state index in [1.165, 1.54) is 48.7 Å². The summed E-state index contributed by atoms with van der Waals surface area (Å²) in [6.07, 6.45) is 0. The molecule has 3 rings (SSSR count). The van der Waals surface area contributed by atoms with Crippen LogP contribution in [0, 0.1) is 0 Å². The van der Waals surface area contributed by atoms with Gasteiger partial charge in [0.25, 0.3) is 5.91 Å². The van der Waals surface area contributed by atoms with Gasteiger partial charge in [0.05, 0.1) is 18.6 Å². The highest BCUT2D eigenvalue weighted by atomic mass is 32.2. The van der Waals surface area contributed by atoms with E-state index in [1.54, 1.807) is 24.3 Å². The van der Waals surface area contributed by atoms with E-state index in [0.29, 0.717) is 17.0 Å². The lowest BCUT2D eigenvalue weighted by molar-refractivity contribution is -0.133. The number of rotatable bonds is 4. The lowest BCUT2D eigenvalue weighted by atomic mass is 10.1. The number of hydrogen-bond acceptors (Lipinski definition) is 6. The average molecular weight is 419 g/mol. The van der Waals surface area contributed by atoms with E-state index in [4.69, 9.17) is 4.74 Å². The number of nitrogens with one attached hydrogen (secondary N) is 1. The minimum absolute atomic E-state index is 0.0391. The Kier molecular flexibility index (Phi) is 5.87. The molecule has 1 aliphatic rings. The molecule has 29 heavy (non-hydrogen) atoms. The topological polar surface area (TPSA) is 116 Å². The van der Waals surface area contributed by atoms with Crippen molar-refractivity contribution in [1.29, 1.82) is 0 Å². The summed E-state index contributed by atoms with van der Waals surface area (Å²) in [5, 5.41) is 9.20. The van der Waals surface area contributed by atoms with Crippen LogP contribution in [0.1, 0.15) is 12.5 Å². The van der Waals surface area contributed by atoms with Crippen molar-refractivity contribution < 1.29 is 28.0 Å². The number of ether oxygens (including phenoxy) is 1. The van der Waals surface area contributed by atoms with Gasteiger partial charge < -0.3 is 9.64 Å². The Bertz CT molecular complexity index is 1020. The molecule has 1 aliphatic heterocycles. The zero-order valence-corrected chi connectivity index (χ0v) is 16.7. The maximum Gasteiger partial charge on any atom is 0.263 e. The van der Waals surface area contributed by atoms with Crippen LogP contribution in [0.3, 0.4) is 0 Å². The molecule has 0 bridgehead atoms. The second-order valence-electron chi connectivity index (χ2n) is 6.48. The molecule has 154 valence electrons. The van der Waals surface area contributed by atoms with Gasteiger partial charge in [-0.25, -0.2) is 13.9 Å². The number of nitrogens with zero attached hydrogens (tertiary/aromatic N) is 2. The van der Waals surface area contributed by atoms with Crippen LogP contribution in [0.25, 0.3) is 0 Å². The van der Waals surface area contributed by atoms with Gasteiger partial charge in [0, 0.05) is 19.2 Å². The van der Waals surface area contributed by atoms with Gasteiger partial charge in [-0.3, -0.25) is 14.8 Å². The fourth-order valence-electron chi connectivity index (χ4n) is 3.27. The maximum absolute atomic E-state index is 13.4. The number of methoxy groups -OCH3 is 1. The van der Waals surface area contributed by atoms with Crippen molar-refractivity contribution in [3.05, 3.63) is 54.1 Å². The van der Waals surface area contributed by atoms with Gasteiger partial charge in [-0.1, -0.05) is 18.2 Å². The van der Waals surface area contributed by atoms with Gasteiger partial charge in [0.1, 0.15) is 11.8 Å². The number of hydrogen-bond donors (Lipinski definition) is 2. The minimum atomic E-state index is -4.14. The van der Waals surface area contributed by atoms with Crippen LogP contribution in [0.2, 0.25) is 0 Å². The molecule has 2 amide bonds. The highest BCUT2D eigenvalue weighted by Gasteiger charge is 2.40. The SMILES string of the molecule is COc1ccc(S(=O)(=O)N2Cc3ccccc3N(C(C)=O)CC2C(=O)NO)cc1. The Hall–Kier alpha value is -2.95. The van der Waals surface area contributed by atoms with Crippen LogP contribution in [-0.4, -0.2) is 49.4 Å². The summed E-state index contributed by atoms with van der Waals surface area (Å²) in [5.74, 6) is -0.796. The second-order valence-corrected chi connectivity index (χ2v) is 8.37. The highest BCUT2D eigenvalue weighted by Crippen LogP contribution is 2.31. The van der Waals surface area contributed by atoms with Crippen molar-refractivity contribution in [3.8, 4) is 5.75 Å². The molecular formula is C19H21N3O6S. The number of carbonyl (C=O) groups excluding carboxylic acids is 2. The summed E-state index contributed by atoms with van der Waals surface area (Å²) in [5.41, 5.74) is 2.60. The number of para-hydroxylation sites is 1. The molecule has 0 fully saturated rings. The van der Waals surface area contributed by atoms with Gasteiger partial charge in [0.2, 0.25) is 15.9 Å². The van der Waals surface area contributed by atoms with Gasteiger partial charge in [0.15, 0.2) is 0 Å². The molecule has 1 heterocycles. The number of sulfonamides is 1. The molecule has 1 unspecified atom stereocenters. The molecule has 1 atom stereocenters. The van der Waals surface area contributed by atoms with E-state index in [-0.39, 0.29) is 23.9 Å². The Morgan fingerprint density at radius 1 is 1.14 bits per heavy atom. The Balaban J connectivity index is 2.13. The lowest BCUT2D eigenvalue weighted by Crippen LogP contribution is -2.53. The fraction of sp³-hybridized carbons (Fsp3) is 0.263. The molecule has 0 aliphatic carbocycles. The molecule has 0 saturated carbocycles. The average Bonchev–Trinajstić information content (AvgIpc) is 2.91. The maximum atomic E-state index is 13.4. The molecule has 9 nitrogen and oxygen atoms in total. The predicted molar refractivity (Wildman–Crippen MR) is 104 cm³/mol. The van der Waals surface area contributed by atoms with E-state index < -0.39 is 22.0 Å². The molecule has 0 radical (unpaired) electrons. The van der Waals surface area contributed by atoms with Gasteiger partial charge >= 0.3 is 0 Å². The van der Waals surface area contributed by atoms with Crippen LogP contribution in [-0.2, 0) is 26.2 Å². The number of fused-ring (bicyclic) bond motifs is 1. The van der Waals surface area contributed by atoms with Crippen molar-refractivity contribution >= 4 is 27.5 Å². The van der Waals surface area contributed by atoms with Crippen molar-refractivity contribution in [2.75, 3.05) is 18.6 Å². The van der Waals surface area contributed by atoms with Crippen molar-refractivity contribution in [1.82, 2.24) is 9.79 Å². The van der Waals surface area contributed by atoms with E-state index in [1.807, 2.05) is 0 Å². The number of anilines is 1. The van der Waals surface area contributed by atoms with E-state index in [2.05, 4.69) is 0 Å². The van der Waals surface area contributed by atoms with Crippen LogP contribution < -0.4 is 15.1 Å². The Morgan fingerprint density at radius 3 is 2.38 bits per heavy atom. The Labute approximate surface area is 168 Å². The Morgan fingerprint density at radius 2 is 1.79 bits per heavy atom. The summed E-state index contributed by atoms with van der Waals surface area (Å²) in [6.45, 7) is 0.943. The third-order valence-electron chi connectivity index (χ3n) is 4.77. The number of benzene rings is 2. The first kappa shape index (κ1) is 20.8. The van der Waals surface area contributed by atoms with Crippen LogP contribution in [0.4, 0.5) is 5.69 Å². The molecule has 2 aromatic rings. The quantitative estimate of drug-likeness (QED) is 0.567. The zero-order chi connectivity index (χ0) is 21.2. The largest absolute Gasteiger partial charge is 0.497 e. The summed E-state index contributed by atoms with van der Waals surface area (Å²) in [6, 6.07) is 11.3. The van der Waals surface area contributed by atoms with E-state index in [9.17, 15) is 23.2 Å². The van der Waals surface area contributed by atoms with Crippen molar-refractivity contribution in [2.45, 2.75) is 24.4 Å². The lowest BCUT2D eigenvalue weighted by Gasteiger charge is -2.29. The molecule has 2 aromatic carbocycles. The summed E-state index contributed by atoms with van der Waals surface area (Å²) >= 11 is 0. The molecule has 2 N–H and O–H groups in total. The molecule has 10 heteroatoms. The second kappa shape index (κ2) is 8.19. The fourth-order valence-corrected chi connectivity index (χ4v) is 4.83. The van der Waals surface area contributed by atoms with Crippen LogP contribution >= 0.6 is 0 Å². The minimum Gasteiger partial charge on any atom is -0.497 e. The molecule has 0 spiro atoms. The first-order chi connectivity index (χ1) is 13.8. The molecule has 0 saturated heterocycles. The van der Waals surface area contributed by atoms with Crippen LogP contribution in [0.5, 0.6) is 5.75 Å². The summed E-state index contributed by atoms with van der Waals surface area (Å²) in [7, 11) is -2.67. The van der Waals surface area contributed by atoms with Gasteiger partial charge in [-0.15, -0.1) is 0 Å². The van der Waals surface area contributed by atoms with E-state index in [0.717, 1.165) is 4.31 Å². The first-order valence-corrected chi connectivity index (χ1v) is 10.2. The van der Waals surface area contributed by atoms with Crippen molar-refractivity contribution in [3.63, 3.8) is 0 Å². The van der Waals surface area contributed by atoms with Crippen LogP contribution in [0.15, 0.2) is 53.4 Å². The monoisotopic (exact) mass is 419 g/mol. The number of hydroxylamine groups is 1. The van der Waals surface area contributed by atoms with Gasteiger partial charge in [-0.2, -0.15) is 4.31 Å².